The van der Waals surface area contributed by atoms with Crippen molar-refractivity contribution >= 4 is 11.9 Å². The number of nitriles is 1. The highest BCUT2D eigenvalue weighted by Crippen LogP contribution is 2.50. The number of carbonyl (C=O) groups excluding carboxylic acids is 1. The molecule has 0 unspecified atom stereocenters. The fourth-order valence-electron chi connectivity index (χ4n) is 5.09. The molecule has 0 saturated heterocycles. The molecule has 0 radical (unpaired) electrons. The SMILES string of the molecule is COc1ccc(C[C@@]2(C)C[C@@]3(N=C(N)N(C)C3=O)c3cc(-c4cccc(C#N)c4)ccc3O2)cc1. The largest absolute Gasteiger partial charge is 0.497 e. The van der Waals surface area contributed by atoms with E-state index in [1.165, 1.54) is 4.90 Å². The monoisotopic (exact) mass is 466 g/mol. The van der Waals surface area contributed by atoms with Crippen molar-refractivity contribution in [3.63, 3.8) is 0 Å². The molecule has 2 aliphatic heterocycles. The number of carbonyl (C=O) groups is 1. The Bertz CT molecular complexity index is 1390. The van der Waals surface area contributed by atoms with Gasteiger partial charge in [0.15, 0.2) is 11.5 Å². The number of rotatable bonds is 4. The fourth-order valence-corrected chi connectivity index (χ4v) is 5.09. The average Bonchev–Trinajstić information content (AvgIpc) is 3.07. The van der Waals surface area contributed by atoms with Crippen LogP contribution in [0.2, 0.25) is 0 Å². The molecular formula is C28H26N4O3. The first-order chi connectivity index (χ1) is 16.8. The predicted octanol–water partition coefficient (Wildman–Crippen LogP) is 4.00. The Kier molecular flexibility index (Phi) is 5.25. The molecule has 0 aliphatic carbocycles. The van der Waals surface area contributed by atoms with Gasteiger partial charge in [0.05, 0.1) is 18.7 Å². The minimum atomic E-state index is -1.18. The number of hydrogen-bond acceptors (Lipinski definition) is 6. The number of fused-ring (bicyclic) bond motifs is 2. The number of ether oxygens (including phenoxy) is 2. The summed E-state index contributed by atoms with van der Waals surface area (Å²) in [7, 11) is 3.28. The Morgan fingerprint density at radius 1 is 1.14 bits per heavy atom. The Balaban J connectivity index is 1.61. The van der Waals surface area contributed by atoms with Gasteiger partial charge in [-0.15, -0.1) is 0 Å². The first-order valence-electron chi connectivity index (χ1n) is 11.4. The van der Waals surface area contributed by atoms with E-state index in [1.54, 1.807) is 20.2 Å². The van der Waals surface area contributed by atoms with Crippen molar-refractivity contribution in [3.05, 3.63) is 83.4 Å². The molecule has 7 nitrogen and oxygen atoms in total. The second kappa shape index (κ2) is 8.17. The van der Waals surface area contributed by atoms with Crippen LogP contribution in [0.3, 0.4) is 0 Å². The van der Waals surface area contributed by atoms with Gasteiger partial charge >= 0.3 is 0 Å². The molecule has 176 valence electrons. The summed E-state index contributed by atoms with van der Waals surface area (Å²) in [5.74, 6) is 1.39. The number of guanidine groups is 1. The van der Waals surface area contributed by atoms with Crippen LogP contribution in [-0.2, 0) is 16.8 Å². The number of aliphatic imine (C=N–C) groups is 1. The topological polar surface area (TPSA) is 101 Å². The molecule has 0 fully saturated rings. The Morgan fingerprint density at radius 2 is 1.89 bits per heavy atom. The van der Waals surface area contributed by atoms with Crippen LogP contribution < -0.4 is 15.2 Å². The van der Waals surface area contributed by atoms with Gasteiger partial charge in [-0.1, -0.05) is 30.3 Å². The second-order valence-electron chi connectivity index (χ2n) is 9.35. The summed E-state index contributed by atoms with van der Waals surface area (Å²) in [4.78, 5) is 19.8. The Hall–Kier alpha value is -4.31. The summed E-state index contributed by atoms with van der Waals surface area (Å²) in [6.07, 6.45) is 0.918. The van der Waals surface area contributed by atoms with Gasteiger partial charge in [-0.25, -0.2) is 4.99 Å². The van der Waals surface area contributed by atoms with Crippen LogP contribution in [0.25, 0.3) is 11.1 Å². The average molecular weight is 467 g/mol. The van der Waals surface area contributed by atoms with Crippen LogP contribution in [0.1, 0.15) is 30.0 Å². The molecule has 2 N–H and O–H groups in total. The summed E-state index contributed by atoms with van der Waals surface area (Å²) in [5.41, 5.74) is 8.34. The van der Waals surface area contributed by atoms with Gasteiger partial charge in [-0.2, -0.15) is 5.26 Å². The van der Waals surface area contributed by atoms with E-state index in [9.17, 15) is 10.1 Å². The number of hydrogen-bond donors (Lipinski definition) is 1. The van der Waals surface area contributed by atoms with Crippen molar-refractivity contribution in [2.75, 3.05) is 14.2 Å². The Labute approximate surface area is 204 Å². The maximum absolute atomic E-state index is 13.6. The van der Waals surface area contributed by atoms with Gasteiger partial charge in [0.2, 0.25) is 0 Å². The molecule has 35 heavy (non-hydrogen) atoms. The van der Waals surface area contributed by atoms with E-state index in [0.717, 1.165) is 22.4 Å². The number of nitrogens with two attached hydrogens (primary N) is 1. The standard InChI is InChI=1S/C28H26N4O3/c1-27(15-18-7-10-22(34-3)11-8-18)17-28(25(33)32(2)26(30)31-28)23-14-21(9-12-24(23)35-27)20-6-4-5-19(13-20)16-29/h4-14H,15,17H2,1-3H3,(H2,30,31)/t27-,28+/m0/s1. The third kappa shape index (κ3) is 3.77. The molecule has 0 saturated carbocycles. The van der Waals surface area contributed by atoms with Crippen molar-refractivity contribution in [2.45, 2.75) is 30.9 Å². The third-order valence-electron chi connectivity index (χ3n) is 6.78. The van der Waals surface area contributed by atoms with Crippen LogP contribution in [-0.4, -0.2) is 36.5 Å². The maximum atomic E-state index is 13.6. The molecule has 5 rings (SSSR count). The zero-order valence-electron chi connectivity index (χ0n) is 19.9. The summed E-state index contributed by atoms with van der Waals surface area (Å²) in [5, 5.41) is 9.31. The normalized spacial score (nSPS) is 22.9. The third-order valence-corrected chi connectivity index (χ3v) is 6.78. The van der Waals surface area contributed by atoms with Crippen molar-refractivity contribution in [3.8, 4) is 28.7 Å². The zero-order chi connectivity index (χ0) is 24.8. The van der Waals surface area contributed by atoms with Crippen LogP contribution >= 0.6 is 0 Å². The molecule has 2 aliphatic rings. The van der Waals surface area contributed by atoms with Gasteiger partial charge < -0.3 is 15.2 Å². The minimum Gasteiger partial charge on any atom is -0.497 e. The highest BCUT2D eigenvalue weighted by atomic mass is 16.5. The van der Waals surface area contributed by atoms with Gasteiger partial charge in [0, 0.05) is 25.5 Å². The lowest BCUT2D eigenvalue weighted by atomic mass is 9.74. The van der Waals surface area contributed by atoms with Gasteiger partial charge in [-0.05, 0) is 60.0 Å². The van der Waals surface area contributed by atoms with E-state index in [1.807, 2.05) is 67.6 Å². The molecular weight excluding hydrogens is 440 g/mol. The van der Waals surface area contributed by atoms with E-state index >= 15 is 0 Å². The zero-order valence-corrected chi connectivity index (χ0v) is 19.9. The van der Waals surface area contributed by atoms with Crippen LogP contribution in [0, 0.1) is 11.3 Å². The molecule has 7 heteroatoms. The number of methoxy groups -OCH3 is 1. The van der Waals surface area contributed by atoms with Crippen molar-refractivity contribution < 1.29 is 14.3 Å². The second-order valence-corrected chi connectivity index (χ2v) is 9.35. The lowest BCUT2D eigenvalue weighted by molar-refractivity contribution is -0.133. The molecule has 3 aromatic rings. The molecule has 0 bridgehead atoms. The fraction of sp³-hybridized carbons (Fsp3) is 0.250. The van der Waals surface area contributed by atoms with Crippen LogP contribution in [0.4, 0.5) is 0 Å². The van der Waals surface area contributed by atoms with Crippen LogP contribution in [0.15, 0.2) is 71.7 Å². The van der Waals surface area contributed by atoms with Crippen molar-refractivity contribution in [1.29, 1.82) is 5.26 Å². The summed E-state index contributed by atoms with van der Waals surface area (Å²) in [6, 6.07) is 23.1. The van der Waals surface area contributed by atoms with E-state index in [2.05, 4.69) is 6.07 Å². The molecule has 1 amide bonds. The molecule has 2 atom stereocenters. The van der Waals surface area contributed by atoms with Crippen molar-refractivity contribution in [1.82, 2.24) is 4.90 Å². The minimum absolute atomic E-state index is 0.177. The summed E-state index contributed by atoms with van der Waals surface area (Å²) in [6.45, 7) is 2.00. The number of nitrogens with zero attached hydrogens (tertiary/aromatic N) is 3. The smallest absolute Gasteiger partial charge is 0.261 e. The lowest BCUT2D eigenvalue weighted by Crippen LogP contribution is -2.51. The summed E-state index contributed by atoms with van der Waals surface area (Å²) < 4.78 is 11.8. The number of benzene rings is 3. The molecule has 3 aromatic carbocycles. The maximum Gasteiger partial charge on any atom is 0.261 e. The summed E-state index contributed by atoms with van der Waals surface area (Å²) >= 11 is 0. The van der Waals surface area contributed by atoms with Crippen LogP contribution in [0.5, 0.6) is 11.5 Å². The quantitative estimate of drug-likeness (QED) is 0.626. The van der Waals surface area contributed by atoms with Gasteiger partial charge in [-0.3, -0.25) is 9.69 Å². The molecule has 1 spiro atoms. The highest BCUT2D eigenvalue weighted by Gasteiger charge is 2.56. The van der Waals surface area contributed by atoms with E-state index in [0.29, 0.717) is 29.7 Å². The first-order valence-corrected chi connectivity index (χ1v) is 11.4. The molecule has 0 aromatic heterocycles. The highest BCUT2D eigenvalue weighted by molar-refractivity contribution is 6.07. The van der Waals surface area contributed by atoms with E-state index in [4.69, 9.17) is 20.2 Å². The number of amides is 1. The predicted molar refractivity (Wildman–Crippen MR) is 133 cm³/mol. The van der Waals surface area contributed by atoms with Crippen molar-refractivity contribution in [2.24, 2.45) is 10.7 Å². The van der Waals surface area contributed by atoms with E-state index in [-0.39, 0.29) is 11.9 Å². The van der Waals surface area contributed by atoms with Gasteiger partial charge in [0.25, 0.3) is 5.91 Å². The first kappa shape index (κ1) is 22.5. The van der Waals surface area contributed by atoms with E-state index < -0.39 is 11.1 Å². The van der Waals surface area contributed by atoms with Gasteiger partial charge in [0.1, 0.15) is 17.1 Å². The lowest BCUT2D eigenvalue weighted by Gasteiger charge is -2.43. The number of likely N-dealkylation sites (N-methyl/N-ethyl adjacent to an activating group) is 1. The Morgan fingerprint density at radius 3 is 2.54 bits per heavy atom. The molecule has 2 heterocycles.